The van der Waals surface area contributed by atoms with E-state index in [1.165, 1.54) is 0 Å². The lowest BCUT2D eigenvalue weighted by Gasteiger charge is -2.25. The summed E-state index contributed by atoms with van der Waals surface area (Å²) in [5.74, 6) is 2.05. The first kappa shape index (κ1) is 15.6. The van der Waals surface area contributed by atoms with E-state index in [2.05, 4.69) is 33.9 Å². The molecular formula is C17H24O2. The Bertz CT molecular complexity index is 409. The number of Topliss-reactive ketones (excluding diaryl/α,β-unsaturated/α-hetero) is 1. The van der Waals surface area contributed by atoms with E-state index >= 15 is 0 Å². The summed E-state index contributed by atoms with van der Waals surface area (Å²) in [4.78, 5) is 21.8. The number of carbonyl (C=O) groups is 2. The summed E-state index contributed by atoms with van der Waals surface area (Å²) in [7, 11) is 0. The molecule has 0 radical (unpaired) electrons. The minimum atomic E-state index is 0.0908. The molecule has 0 aromatic heterocycles. The molecule has 0 spiro atoms. The van der Waals surface area contributed by atoms with Gasteiger partial charge in [-0.15, -0.1) is 0 Å². The van der Waals surface area contributed by atoms with Crippen LogP contribution in [0.15, 0.2) is 36.5 Å². The maximum absolute atomic E-state index is 11.1. The van der Waals surface area contributed by atoms with Gasteiger partial charge >= 0.3 is 0 Å². The van der Waals surface area contributed by atoms with Gasteiger partial charge in [-0.25, -0.2) is 0 Å². The van der Waals surface area contributed by atoms with Crippen LogP contribution in [0.1, 0.15) is 40.0 Å². The van der Waals surface area contributed by atoms with Crippen molar-refractivity contribution >= 4 is 11.6 Å². The third kappa shape index (κ3) is 4.62. The Morgan fingerprint density at radius 2 is 1.53 bits per heavy atom. The zero-order valence-electron chi connectivity index (χ0n) is 12.2. The van der Waals surface area contributed by atoms with E-state index < -0.39 is 0 Å². The minimum Gasteiger partial charge on any atom is -0.295 e. The van der Waals surface area contributed by atoms with Gasteiger partial charge < -0.3 is 0 Å². The lowest BCUT2D eigenvalue weighted by Crippen LogP contribution is -2.22. The molecule has 0 heterocycles. The van der Waals surface area contributed by atoms with Gasteiger partial charge in [0, 0.05) is 6.42 Å². The first-order chi connectivity index (χ1) is 8.81. The molecular weight excluding hydrogens is 236 g/mol. The molecule has 2 nitrogen and oxygen atoms in total. The van der Waals surface area contributed by atoms with Crippen LogP contribution in [0, 0.1) is 17.8 Å². The molecule has 0 aliphatic heterocycles. The molecule has 0 N–H and O–H groups in total. The van der Waals surface area contributed by atoms with Crippen LogP contribution in [0.2, 0.25) is 0 Å². The maximum atomic E-state index is 11.1. The van der Waals surface area contributed by atoms with Gasteiger partial charge in [-0.3, -0.25) is 9.59 Å². The van der Waals surface area contributed by atoms with Gasteiger partial charge in [0.2, 0.25) is 0 Å². The standard InChI is InChI=1S/C9H14O.C8H10O/c1-6-4-8(3)9(10)5-7(6)2;1-6-3-4-8(9)7(2)5-6/h6-7H,3-5H2,1-2H3;3-4,6H,2,5H2,1H3. The Morgan fingerprint density at radius 3 is 2.00 bits per heavy atom. The molecule has 0 aromatic rings. The van der Waals surface area contributed by atoms with E-state index in [9.17, 15) is 9.59 Å². The molecule has 2 aliphatic carbocycles. The van der Waals surface area contributed by atoms with E-state index in [1.54, 1.807) is 6.08 Å². The van der Waals surface area contributed by atoms with E-state index in [1.807, 2.05) is 6.08 Å². The predicted molar refractivity (Wildman–Crippen MR) is 78.8 cm³/mol. The van der Waals surface area contributed by atoms with Crippen molar-refractivity contribution in [2.24, 2.45) is 17.8 Å². The molecule has 19 heavy (non-hydrogen) atoms. The van der Waals surface area contributed by atoms with Crippen LogP contribution in [-0.2, 0) is 9.59 Å². The molecule has 3 unspecified atom stereocenters. The van der Waals surface area contributed by atoms with Crippen LogP contribution in [0.5, 0.6) is 0 Å². The van der Waals surface area contributed by atoms with Crippen molar-refractivity contribution < 1.29 is 9.59 Å². The van der Waals surface area contributed by atoms with Crippen molar-refractivity contribution in [3.63, 3.8) is 0 Å². The first-order valence-electron chi connectivity index (χ1n) is 6.92. The van der Waals surface area contributed by atoms with Gasteiger partial charge in [-0.2, -0.15) is 0 Å². The number of hydrogen-bond donors (Lipinski definition) is 0. The van der Waals surface area contributed by atoms with Crippen molar-refractivity contribution in [2.75, 3.05) is 0 Å². The maximum Gasteiger partial charge on any atom is 0.180 e. The monoisotopic (exact) mass is 260 g/mol. The van der Waals surface area contributed by atoms with E-state index in [4.69, 9.17) is 0 Å². The van der Waals surface area contributed by atoms with Gasteiger partial charge in [0.1, 0.15) is 0 Å². The van der Waals surface area contributed by atoms with Gasteiger partial charge in [-0.1, -0.05) is 40.0 Å². The van der Waals surface area contributed by atoms with Crippen LogP contribution in [0.25, 0.3) is 0 Å². The fourth-order valence-corrected chi connectivity index (χ4v) is 2.27. The van der Waals surface area contributed by atoms with Crippen LogP contribution in [0.4, 0.5) is 0 Å². The minimum absolute atomic E-state index is 0.0908. The highest BCUT2D eigenvalue weighted by Crippen LogP contribution is 2.29. The second kappa shape index (κ2) is 6.65. The van der Waals surface area contributed by atoms with E-state index in [0.29, 0.717) is 24.2 Å². The predicted octanol–water partition coefficient (Wildman–Crippen LogP) is 3.89. The lowest BCUT2D eigenvalue weighted by molar-refractivity contribution is -0.118. The molecule has 2 rings (SSSR count). The smallest absolute Gasteiger partial charge is 0.180 e. The second-order valence-corrected chi connectivity index (χ2v) is 5.90. The molecule has 1 fully saturated rings. The highest BCUT2D eigenvalue weighted by Gasteiger charge is 2.24. The number of ketones is 2. The summed E-state index contributed by atoms with van der Waals surface area (Å²) in [5.41, 5.74) is 1.57. The Hall–Kier alpha value is -1.44. The number of carbonyl (C=O) groups excluding carboxylic acids is 2. The van der Waals surface area contributed by atoms with Crippen molar-refractivity contribution in [2.45, 2.75) is 40.0 Å². The summed E-state index contributed by atoms with van der Waals surface area (Å²) in [6.07, 6.45) is 5.98. The largest absolute Gasteiger partial charge is 0.295 e. The second-order valence-electron chi connectivity index (χ2n) is 5.90. The van der Waals surface area contributed by atoms with Crippen LogP contribution >= 0.6 is 0 Å². The topological polar surface area (TPSA) is 34.1 Å². The molecule has 0 aromatic carbocycles. The number of allylic oxidation sites excluding steroid dienone is 4. The highest BCUT2D eigenvalue weighted by atomic mass is 16.1. The van der Waals surface area contributed by atoms with Crippen molar-refractivity contribution in [1.29, 1.82) is 0 Å². The van der Waals surface area contributed by atoms with Crippen LogP contribution in [-0.4, -0.2) is 11.6 Å². The normalized spacial score (nSPS) is 31.0. The van der Waals surface area contributed by atoms with Crippen molar-refractivity contribution in [1.82, 2.24) is 0 Å². The zero-order valence-corrected chi connectivity index (χ0v) is 12.2. The SMILES string of the molecule is C=C1CC(C)C(C)CC1=O.C=C1CC(C)C=CC1=O. The van der Waals surface area contributed by atoms with Gasteiger partial charge in [-0.05, 0) is 47.8 Å². The summed E-state index contributed by atoms with van der Waals surface area (Å²) < 4.78 is 0. The van der Waals surface area contributed by atoms with Crippen molar-refractivity contribution in [3.8, 4) is 0 Å². The Kier molecular flexibility index (Phi) is 5.46. The molecule has 2 aliphatic rings. The average Bonchev–Trinajstić information content (AvgIpc) is 2.33. The molecule has 0 bridgehead atoms. The summed E-state index contributed by atoms with van der Waals surface area (Å²) in [5, 5.41) is 0. The Labute approximate surface area is 116 Å². The fraction of sp³-hybridized carbons (Fsp3) is 0.529. The molecule has 3 atom stereocenters. The summed E-state index contributed by atoms with van der Waals surface area (Å²) >= 11 is 0. The Morgan fingerprint density at radius 1 is 0.947 bits per heavy atom. The summed E-state index contributed by atoms with van der Waals surface area (Å²) in [6.45, 7) is 13.8. The highest BCUT2D eigenvalue weighted by molar-refractivity contribution is 6.04. The van der Waals surface area contributed by atoms with Crippen LogP contribution in [0.3, 0.4) is 0 Å². The van der Waals surface area contributed by atoms with Gasteiger partial charge in [0.25, 0.3) is 0 Å². The number of rotatable bonds is 0. The summed E-state index contributed by atoms with van der Waals surface area (Å²) in [6, 6.07) is 0. The quantitative estimate of drug-likeness (QED) is 0.619. The molecule has 1 saturated carbocycles. The Balaban J connectivity index is 0.000000191. The molecule has 0 saturated heterocycles. The third-order valence-corrected chi connectivity index (χ3v) is 3.93. The molecule has 0 amide bonds. The molecule has 104 valence electrons. The lowest BCUT2D eigenvalue weighted by atomic mass is 9.79. The zero-order chi connectivity index (χ0) is 14.6. The van der Waals surface area contributed by atoms with Crippen LogP contribution < -0.4 is 0 Å². The van der Waals surface area contributed by atoms with Crippen molar-refractivity contribution in [3.05, 3.63) is 36.5 Å². The average molecular weight is 260 g/mol. The fourth-order valence-electron chi connectivity index (χ4n) is 2.27. The van der Waals surface area contributed by atoms with E-state index in [0.717, 1.165) is 24.0 Å². The third-order valence-electron chi connectivity index (χ3n) is 3.93. The number of hydrogen-bond acceptors (Lipinski definition) is 2. The van der Waals surface area contributed by atoms with E-state index in [-0.39, 0.29) is 11.6 Å². The molecule has 2 heteroatoms. The first-order valence-corrected chi connectivity index (χ1v) is 6.92. The van der Waals surface area contributed by atoms with Gasteiger partial charge in [0.15, 0.2) is 11.6 Å². The van der Waals surface area contributed by atoms with Gasteiger partial charge in [0.05, 0.1) is 0 Å².